The van der Waals surface area contributed by atoms with Crippen LogP contribution in [-0.4, -0.2) is 38.4 Å². The molecular weight excluding hydrogens is 455 g/mol. The third kappa shape index (κ3) is 5.56. The topological polar surface area (TPSA) is 88.9 Å². The number of carbonyl (C=O) groups is 2. The van der Waals surface area contributed by atoms with Crippen molar-refractivity contribution >= 4 is 40.9 Å². The van der Waals surface area contributed by atoms with Crippen molar-refractivity contribution in [1.29, 1.82) is 0 Å². The van der Waals surface area contributed by atoms with Gasteiger partial charge in [0.05, 0.1) is 23.2 Å². The lowest BCUT2D eigenvalue weighted by Crippen LogP contribution is -2.37. The second-order valence-corrected chi connectivity index (χ2v) is 7.96. The summed E-state index contributed by atoms with van der Waals surface area (Å²) >= 11 is 7.10. The monoisotopic (exact) mass is 469 g/mol. The molecule has 0 spiro atoms. The highest BCUT2D eigenvalue weighted by atomic mass is 35.5. The van der Waals surface area contributed by atoms with Gasteiger partial charge in [0.25, 0.3) is 0 Å². The molecule has 0 fully saturated rings. The zero-order valence-electron chi connectivity index (χ0n) is 15.9. The Bertz CT molecular complexity index is 1130. The first-order chi connectivity index (χ1) is 14.8. The molecule has 1 atom stereocenters. The summed E-state index contributed by atoms with van der Waals surface area (Å²) in [6, 6.07) is 8.55. The number of nitrogens with zero attached hydrogens (tertiary/aromatic N) is 3. The molecule has 2 N–H and O–H groups in total. The molecule has 0 aliphatic rings. The van der Waals surface area contributed by atoms with Crippen LogP contribution in [0.3, 0.4) is 0 Å². The predicted molar refractivity (Wildman–Crippen MR) is 110 cm³/mol. The molecule has 2 amide bonds. The lowest BCUT2D eigenvalue weighted by Gasteiger charge is -2.13. The lowest BCUT2D eigenvalue weighted by atomic mass is 10.2. The number of hydrogen-bond acceptors (Lipinski definition) is 5. The number of rotatable bonds is 7. The first-order valence-corrected chi connectivity index (χ1v) is 10.1. The predicted octanol–water partition coefficient (Wildman–Crippen LogP) is 3.57. The average Bonchev–Trinajstić information content (AvgIpc) is 3.20. The molecule has 0 saturated heterocycles. The Hall–Kier alpha value is -3.05. The van der Waals surface area contributed by atoms with Gasteiger partial charge in [-0.1, -0.05) is 29.4 Å². The van der Waals surface area contributed by atoms with E-state index < -0.39 is 46.7 Å². The summed E-state index contributed by atoms with van der Waals surface area (Å²) in [6.45, 7) is 1.10. The number of aromatic nitrogens is 3. The second-order valence-electron chi connectivity index (χ2n) is 6.21. The molecule has 3 rings (SSSR count). The van der Waals surface area contributed by atoms with E-state index in [2.05, 4.69) is 20.8 Å². The molecule has 3 aromatic rings. The van der Waals surface area contributed by atoms with E-state index in [1.807, 2.05) is 0 Å². The molecule has 162 valence electrons. The Balaban J connectivity index is 1.57. The van der Waals surface area contributed by atoms with Gasteiger partial charge in [0.15, 0.2) is 22.6 Å². The van der Waals surface area contributed by atoms with Gasteiger partial charge in [-0.05, 0) is 37.3 Å². The maximum Gasteiger partial charge on any atom is 0.243 e. The number of anilines is 1. The number of hydrogen-bond donors (Lipinski definition) is 2. The molecule has 1 heterocycles. The molecule has 0 aliphatic carbocycles. The molecule has 0 bridgehead atoms. The van der Waals surface area contributed by atoms with Crippen LogP contribution in [0.25, 0.3) is 5.69 Å². The maximum atomic E-state index is 13.6. The van der Waals surface area contributed by atoms with Gasteiger partial charge in [0.1, 0.15) is 6.33 Å². The molecule has 1 aromatic heterocycles. The summed E-state index contributed by atoms with van der Waals surface area (Å²) in [5, 5.41) is 12.6. The van der Waals surface area contributed by atoms with E-state index in [0.717, 1.165) is 17.8 Å². The lowest BCUT2D eigenvalue weighted by molar-refractivity contribution is -0.123. The van der Waals surface area contributed by atoms with Crippen LogP contribution in [0, 0.1) is 17.5 Å². The number of halogens is 4. The van der Waals surface area contributed by atoms with Crippen LogP contribution in [0.4, 0.5) is 18.9 Å². The fourth-order valence-electron chi connectivity index (χ4n) is 2.45. The number of thioether (sulfide) groups is 1. The Morgan fingerprint density at radius 1 is 1.19 bits per heavy atom. The fraction of sp³-hybridized carbons (Fsp3) is 0.158. The van der Waals surface area contributed by atoms with Gasteiger partial charge in [-0.25, -0.2) is 13.2 Å². The largest absolute Gasteiger partial charge is 0.346 e. The van der Waals surface area contributed by atoms with E-state index in [1.165, 1.54) is 6.33 Å². The summed E-state index contributed by atoms with van der Waals surface area (Å²) in [4.78, 5) is 24.2. The molecular formula is C19H15ClF3N5O2S. The molecule has 2 aromatic carbocycles. The third-order valence-corrected chi connectivity index (χ3v) is 5.28. The fourth-order valence-corrected chi connectivity index (χ4v) is 3.50. The van der Waals surface area contributed by atoms with E-state index in [9.17, 15) is 22.8 Å². The summed E-state index contributed by atoms with van der Waals surface area (Å²) in [6.07, 6.45) is 1.47. The molecule has 12 heteroatoms. The minimum absolute atomic E-state index is 0.429. The summed E-state index contributed by atoms with van der Waals surface area (Å²) in [5.41, 5.74) is 0.177. The van der Waals surface area contributed by atoms with Gasteiger partial charge >= 0.3 is 0 Å². The smallest absolute Gasteiger partial charge is 0.243 e. The summed E-state index contributed by atoms with van der Waals surface area (Å²) in [5.74, 6) is -5.90. The van der Waals surface area contributed by atoms with Gasteiger partial charge in [-0.2, -0.15) is 0 Å². The first-order valence-electron chi connectivity index (χ1n) is 8.80. The van der Waals surface area contributed by atoms with Gasteiger partial charge in [0, 0.05) is 5.02 Å². The van der Waals surface area contributed by atoms with Gasteiger partial charge < -0.3 is 10.6 Å². The normalized spacial score (nSPS) is 11.8. The van der Waals surface area contributed by atoms with E-state index >= 15 is 0 Å². The van der Waals surface area contributed by atoms with Crippen molar-refractivity contribution in [3.8, 4) is 5.69 Å². The van der Waals surface area contributed by atoms with E-state index in [0.29, 0.717) is 21.9 Å². The summed E-state index contributed by atoms with van der Waals surface area (Å²) < 4.78 is 41.4. The Morgan fingerprint density at radius 3 is 2.71 bits per heavy atom. The van der Waals surface area contributed by atoms with Crippen molar-refractivity contribution in [3.05, 3.63) is 65.2 Å². The number of carbonyl (C=O) groups excluding carboxylic acids is 2. The van der Waals surface area contributed by atoms with Crippen molar-refractivity contribution in [1.82, 2.24) is 20.1 Å². The van der Waals surface area contributed by atoms with Crippen LogP contribution in [0.1, 0.15) is 6.92 Å². The number of nitrogens with one attached hydrogen (secondary N) is 2. The highest BCUT2D eigenvalue weighted by Crippen LogP contribution is 2.25. The van der Waals surface area contributed by atoms with Crippen LogP contribution in [0.5, 0.6) is 0 Å². The molecule has 7 nitrogen and oxygen atoms in total. The van der Waals surface area contributed by atoms with Crippen molar-refractivity contribution < 1.29 is 22.8 Å². The van der Waals surface area contributed by atoms with Crippen LogP contribution < -0.4 is 10.6 Å². The zero-order chi connectivity index (χ0) is 22.5. The van der Waals surface area contributed by atoms with Crippen LogP contribution >= 0.6 is 23.4 Å². The van der Waals surface area contributed by atoms with Gasteiger partial charge in [-0.15, -0.1) is 10.2 Å². The average molecular weight is 470 g/mol. The quantitative estimate of drug-likeness (QED) is 0.408. The Morgan fingerprint density at radius 2 is 1.97 bits per heavy atom. The molecule has 31 heavy (non-hydrogen) atoms. The highest BCUT2D eigenvalue weighted by Gasteiger charge is 2.20. The zero-order valence-corrected chi connectivity index (χ0v) is 17.5. The molecule has 0 aliphatic heterocycles. The van der Waals surface area contributed by atoms with Crippen molar-refractivity contribution in [3.63, 3.8) is 0 Å². The van der Waals surface area contributed by atoms with Gasteiger partial charge in [0.2, 0.25) is 11.8 Å². The first kappa shape index (κ1) is 22.6. The number of benzene rings is 2. The minimum Gasteiger partial charge on any atom is -0.346 e. The van der Waals surface area contributed by atoms with Crippen LogP contribution in [0.2, 0.25) is 5.02 Å². The molecule has 0 radical (unpaired) electrons. The number of amides is 2. The standard InChI is InChI=1S/C19H15ClF3N5O2S/c1-10(31-19-27-25-9-28(19)12-4-2-3-11(20)7-12)18(30)24-8-15(29)26-14-6-5-13(21)16(22)17(14)23/h2-7,9-10H,8H2,1H3,(H,24,30)(H,26,29). The van der Waals surface area contributed by atoms with Crippen LogP contribution in [-0.2, 0) is 9.59 Å². The third-order valence-electron chi connectivity index (χ3n) is 3.99. The molecule has 0 saturated carbocycles. The summed E-state index contributed by atoms with van der Waals surface area (Å²) in [7, 11) is 0. The van der Waals surface area contributed by atoms with Gasteiger partial charge in [-0.3, -0.25) is 14.2 Å². The van der Waals surface area contributed by atoms with Crippen molar-refractivity contribution in [2.24, 2.45) is 0 Å². The Kier molecular flexibility index (Phi) is 7.18. The minimum atomic E-state index is -1.70. The Labute approximate surface area is 184 Å². The molecule has 1 unspecified atom stereocenters. The van der Waals surface area contributed by atoms with E-state index in [4.69, 9.17) is 11.6 Å². The SMILES string of the molecule is CC(Sc1nncn1-c1cccc(Cl)c1)C(=O)NCC(=O)Nc1ccc(F)c(F)c1F. The van der Waals surface area contributed by atoms with Crippen molar-refractivity contribution in [2.45, 2.75) is 17.3 Å². The second kappa shape index (κ2) is 9.84. The van der Waals surface area contributed by atoms with E-state index in [1.54, 1.807) is 35.8 Å². The maximum absolute atomic E-state index is 13.6. The van der Waals surface area contributed by atoms with Crippen molar-refractivity contribution in [2.75, 3.05) is 11.9 Å². The van der Waals surface area contributed by atoms with Crippen LogP contribution in [0.15, 0.2) is 47.9 Å². The van der Waals surface area contributed by atoms with E-state index in [-0.39, 0.29) is 0 Å². The highest BCUT2D eigenvalue weighted by molar-refractivity contribution is 8.00.